The van der Waals surface area contributed by atoms with Gasteiger partial charge < -0.3 is 10.6 Å². The van der Waals surface area contributed by atoms with E-state index in [1.165, 1.54) is 12.0 Å². The fourth-order valence-corrected chi connectivity index (χ4v) is 4.07. The second-order valence-electron chi connectivity index (χ2n) is 6.68. The van der Waals surface area contributed by atoms with Crippen LogP contribution in [0.25, 0.3) is 0 Å². The minimum Gasteiger partial charge on any atom is -0.342 e. The molecule has 1 saturated carbocycles. The van der Waals surface area contributed by atoms with Gasteiger partial charge in [0.05, 0.1) is 0 Å². The first-order valence-electron chi connectivity index (χ1n) is 8.27. The van der Waals surface area contributed by atoms with Crippen molar-refractivity contribution in [2.45, 2.75) is 44.6 Å². The van der Waals surface area contributed by atoms with Crippen molar-refractivity contribution in [1.29, 1.82) is 0 Å². The summed E-state index contributed by atoms with van der Waals surface area (Å²) in [5.41, 5.74) is 7.44. The largest absolute Gasteiger partial charge is 0.342 e. The molecule has 0 radical (unpaired) electrons. The van der Waals surface area contributed by atoms with Gasteiger partial charge in [-0.3, -0.25) is 4.79 Å². The van der Waals surface area contributed by atoms with E-state index in [2.05, 4.69) is 36.1 Å². The van der Waals surface area contributed by atoms with Crippen molar-refractivity contribution in [1.82, 2.24) is 4.90 Å². The Morgan fingerprint density at radius 3 is 2.71 bits per heavy atom. The van der Waals surface area contributed by atoms with Gasteiger partial charge in [0.25, 0.3) is 0 Å². The highest BCUT2D eigenvalue weighted by atomic mass is 16.2. The molecule has 0 spiro atoms. The number of carbonyl (C=O) groups excluding carboxylic acids is 1. The van der Waals surface area contributed by atoms with Crippen LogP contribution < -0.4 is 5.73 Å². The Balaban J connectivity index is 1.61. The quantitative estimate of drug-likeness (QED) is 0.925. The van der Waals surface area contributed by atoms with Gasteiger partial charge in [-0.25, -0.2) is 0 Å². The summed E-state index contributed by atoms with van der Waals surface area (Å²) in [6, 6.07) is 10.7. The lowest BCUT2D eigenvalue weighted by Crippen LogP contribution is -2.34. The Morgan fingerprint density at radius 2 is 2.05 bits per heavy atom. The highest BCUT2D eigenvalue weighted by molar-refractivity contribution is 5.77. The summed E-state index contributed by atoms with van der Waals surface area (Å²) < 4.78 is 0. The molecule has 2 N–H and O–H groups in total. The van der Waals surface area contributed by atoms with Crippen LogP contribution >= 0.6 is 0 Å². The van der Waals surface area contributed by atoms with Gasteiger partial charge in [0.15, 0.2) is 0 Å². The lowest BCUT2D eigenvalue weighted by molar-refractivity contribution is -0.130. The van der Waals surface area contributed by atoms with Gasteiger partial charge in [-0.05, 0) is 42.6 Å². The molecule has 0 aromatic heterocycles. The summed E-state index contributed by atoms with van der Waals surface area (Å²) in [6.45, 7) is 3.98. The summed E-state index contributed by atoms with van der Waals surface area (Å²) in [6.07, 6.45) is 3.98. The molecular formula is C18H26N2O. The maximum absolute atomic E-state index is 12.6. The molecule has 4 unspecified atom stereocenters. The number of nitrogens with zero attached hydrogens (tertiary/aromatic N) is 1. The van der Waals surface area contributed by atoms with E-state index in [1.807, 2.05) is 6.07 Å². The van der Waals surface area contributed by atoms with Gasteiger partial charge >= 0.3 is 0 Å². The first-order chi connectivity index (χ1) is 10.2. The molecule has 3 rings (SSSR count). The van der Waals surface area contributed by atoms with E-state index in [4.69, 9.17) is 5.73 Å². The molecule has 1 heterocycles. The van der Waals surface area contributed by atoms with E-state index in [0.29, 0.717) is 36.1 Å². The molecule has 21 heavy (non-hydrogen) atoms. The number of fused-ring (bicyclic) bond motifs is 1. The number of carbonyl (C=O) groups is 1. The van der Waals surface area contributed by atoms with Crippen molar-refractivity contribution >= 4 is 5.91 Å². The average Bonchev–Trinajstić information content (AvgIpc) is 3.08. The van der Waals surface area contributed by atoms with Crippen LogP contribution in [0.1, 0.15) is 44.1 Å². The van der Waals surface area contributed by atoms with E-state index >= 15 is 0 Å². The summed E-state index contributed by atoms with van der Waals surface area (Å²) in [5.74, 6) is 1.85. The van der Waals surface area contributed by atoms with Crippen LogP contribution in [0.3, 0.4) is 0 Å². The van der Waals surface area contributed by atoms with Crippen LogP contribution in [0.4, 0.5) is 0 Å². The Hall–Kier alpha value is -1.35. The van der Waals surface area contributed by atoms with Crippen LogP contribution in [0.15, 0.2) is 30.3 Å². The monoisotopic (exact) mass is 286 g/mol. The third-order valence-corrected chi connectivity index (χ3v) is 5.45. The molecule has 2 fully saturated rings. The fraction of sp³-hybridized carbons (Fsp3) is 0.611. The molecule has 114 valence electrons. The number of rotatable bonds is 4. The summed E-state index contributed by atoms with van der Waals surface area (Å²) in [5, 5.41) is 0. The Bertz CT molecular complexity index is 487. The standard InChI is InChI=1S/C18H26N2O/c1-2-13(14-6-4-3-5-7-14)10-18(21)20-11-15-8-9-17(19)16(15)12-20/h3-7,13,15-17H,2,8-12,19H2,1H3. The molecule has 0 bridgehead atoms. The number of hydrogen-bond donors (Lipinski definition) is 1. The normalized spacial score (nSPS) is 29.4. The van der Waals surface area contributed by atoms with Crippen LogP contribution in [0.2, 0.25) is 0 Å². The number of amides is 1. The summed E-state index contributed by atoms with van der Waals surface area (Å²) in [4.78, 5) is 14.7. The van der Waals surface area contributed by atoms with E-state index in [0.717, 1.165) is 25.9 Å². The lowest BCUT2D eigenvalue weighted by atomic mass is 9.93. The number of nitrogens with two attached hydrogens (primary N) is 1. The van der Waals surface area contributed by atoms with Crippen LogP contribution in [-0.4, -0.2) is 29.9 Å². The smallest absolute Gasteiger partial charge is 0.223 e. The SMILES string of the molecule is CCC(CC(=O)N1CC2CCC(N)C2C1)c1ccccc1. The van der Waals surface area contributed by atoms with Crippen LogP contribution in [0.5, 0.6) is 0 Å². The minimum absolute atomic E-state index is 0.309. The molecule has 3 nitrogen and oxygen atoms in total. The van der Waals surface area contributed by atoms with Crippen molar-refractivity contribution in [3.8, 4) is 0 Å². The lowest BCUT2D eigenvalue weighted by Gasteiger charge is -2.22. The molecule has 1 aromatic carbocycles. The number of benzene rings is 1. The van der Waals surface area contributed by atoms with Gasteiger partial charge in [-0.15, -0.1) is 0 Å². The summed E-state index contributed by atoms with van der Waals surface area (Å²) in [7, 11) is 0. The van der Waals surface area contributed by atoms with Crippen molar-refractivity contribution in [2.24, 2.45) is 17.6 Å². The molecule has 4 atom stereocenters. The van der Waals surface area contributed by atoms with Crippen molar-refractivity contribution < 1.29 is 4.79 Å². The molecular weight excluding hydrogens is 260 g/mol. The van der Waals surface area contributed by atoms with Crippen molar-refractivity contribution in [3.05, 3.63) is 35.9 Å². The van der Waals surface area contributed by atoms with Gasteiger partial charge in [0.2, 0.25) is 5.91 Å². The highest BCUT2D eigenvalue weighted by Gasteiger charge is 2.42. The Kier molecular flexibility index (Phi) is 4.29. The van der Waals surface area contributed by atoms with Gasteiger partial charge in [0, 0.05) is 25.6 Å². The second kappa shape index (κ2) is 6.18. The molecule has 1 aliphatic carbocycles. The Labute approximate surface area is 127 Å². The second-order valence-corrected chi connectivity index (χ2v) is 6.68. The van der Waals surface area contributed by atoms with E-state index < -0.39 is 0 Å². The number of likely N-dealkylation sites (tertiary alicyclic amines) is 1. The van der Waals surface area contributed by atoms with Crippen LogP contribution in [-0.2, 0) is 4.79 Å². The van der Waals surface area contributed by atoms with E-state index in [9.17, 15) is 4.79 Å². The first-order valence-corrected chi connectivity index (χ1v) is 8.27. The van der Waals surface area contributed by atoms with Crippen molar-refractivity contribution in [3.63, 3.8) is 0 Å². The molecule has 1 saturated heterocycles. The third-order valence-electron chi connectivity index (χ3n) is 5.45. The molecule has 1 aromatic rings. The third kappa shape index (κ3) is 2.98. The highest BCUT2D eigenvalue weighted by Crippen LogP contribution is 2.38. The van der Waals surface area contributed by atoms with Gasteiger partial charge in [-0.1, -0.05) is 37.3 Å². The van der Waals surface area contributed by atoms with Gasteiger partial charge in [0.1, 0.15) is 0 Å². The van der Waals surface area contributed by atoms with Crippen molar-refractivity contribution in [2.75, 3.05) is 13.1 Å². The van der Waals surface area contributed by atoms with Crippen LogP contribution in [0, 0.1) is 11.8 Å². The molecule has 3 heteroatoms. The predicted molar refractivity (Wildman–Crippen MR) is 84.9 cm³/mol. The molecule has 1 aliphatic heterocycles. The fourth-order valence-electron chi connectivity index (χ4n) is 4.07. The zero-order valence-corrected chi connectivity index (χ0v) is 12.9. The predicted octanol–water partition coefficient (Wildman–Crippen LogP) is 2.77. The zero-order chi connectivity index (χ0) is 14.8. The van der Waals surface area contributed by atoms with E-state index in [1.54, 1.807) is 0 Å². The topological polar surface area (TPSA) is 46.3 Å². The minimum atomic E-state index is 0.309. The number of hydrogen-bond acceptors (Lipinski definition) is 2. The summed E-state index contributed by atoms with van der Waals surface area (Å²) >= 11 is 0. The Morgan fingerprint density at radius 1 is 1.29 bits per heavy atom. The average molecular weight is 286 g/mol. The first kappa shape index (κ1) is 14.6. The van der Waals surface area contributed by atoms with Gasteiger partial charge in [-0.2, -0.15) is 0 Å². The zero-order valence-electron chi connectivity index (χ0n) is 12.9. The van der Waals surface area contributed by atoms with E-state index in [-0.39, 0.29) is 0 Å². The maximum Gasteiger partial charge on any atom is 0.223 e. The maximum atomic E-state index is 12.6. The molecule has 1 amide bonds. The molecule has 2 aliphatic rings.